The quantitative estimate of drug-likeness (QED) is 0.682. The first kappa shape index (κ1) is 13.5. The molecule has 0 N–H and O–H groups in total. The van der Waals surface area contributed by atoms with E-state index < -0.39 is 0 Å². The molecule has 0 amide bonds. The number of hydrogen-bond acceptors (Lipinski definition) is 2. The number of rotatable bonds is 4. The van der Waals surface area contributed by atoms with Gasteiger partial charge in [0.1, 0.15) is 11.5 Å². The Morgan fingerprint density at radius 2 is 1.90 bits per heavy atom. The topological polar surface area (TPSA) is 34.9 Å². The average molecular weight is 282 g/mol. The molecule has 2 aromatic carbocycles. The number of benzene rings is 2. The zero-order valence-corrected chi connectivity index (χ0v) is 11.7. The predicted octanol–water partition coefficient (Wildman–Crippen LogP) is 3.82. The van der Waals surface area contributed by atoms with Crippen LogP contribution in [-0.4, -0.2) is 15.6 Å². The maximum absolute atomic E-state index is 13.8. The lowest BCUT2D eigenvalue weighted by Crippen LogP contribution is -2.12. The highest BCUT2D eigenvalue weighted by molar-refractivity contribution is 6.15. The molecule has 3 rings (SSSR count). The summed E-state index contributed by atoms with van der Waals surface area (Å²) in [6, 6.07) is 11.6. The second-order valence-corrected chi connectivity index (χ2v) is 4.91. The van der Waals surface area contributed by atoms with E-state index in [4.69, 9.17) is 0 Å². The molecule has 0 saturated carbocycles. The summed E-state index contributed by atoms with van der Waals surface area (Å²) < 4.78 is 15.5. The van der Waals surface area contributed by atoms with E-state index in [1.807, 2.05) is 13.0 Å². The Labute approximate surface area is 122 Å². The number of carbonyl (C=O) groups is 1. The van der Waals surface area contributed by atoms with Crippen LogP contribution in [0.25, 0.3) is 10.8 Å². The molecule has 0 fully saturated rings. The van der Waals surface area contributed by atoms with Crippen molar-refractivity contribution in [2.45, 2.75) is 19.9 Å². The van der Waals surface area contributed by atoms with Crippen molar-refractivity contribution in [3.63, 3.8) is 0 Å². The predicted molar refractivity (Wildman–Crippen MR) is 79.9 cm³/mol. The third-order valence-corrected chi connectivity index (χ3v) is 3.50. The summed E-state index contributed by atoms with van der Waals surface area (Å²) in [5.74, 6) is -0.443. The van der Waals surface area contributed by atoms with E-state index in [1.54, 1.807) is 41.2 Å². The molecule has 0 bridgehead atoms. The van der Waals surface area contributed by atoms with Crippen molar-refractivity contribution in [1.29, 1.82) is 0 Å². The molecule has 3 aromatic rings. The largest absolute Gasteiger partial charge is 0.287 e. The Bertz CT molecular complexity index is 807. The van der Waals surface area contributed by atoms with Gasteiger partial charge in [0.15, 0.2) is 0 Å². The molecule has 0 spiro atoms. The van der Waals surface area contributed by atoms with Crippen LogP contribution < -0.4 is 0 Å². The number of aromatic nitrogens is 2. The minimum atomic E-state index is -0.316. The van der Waals surface area contributed by atoms with E-state index in [2.05, 4.69) is 5.10 Å². The lowest BCUT2D eigenvalue weighted by Gasteiger charge is -2.08. The van der Waals surface area contributed by atoms with Crippen molar-refractivity contribution in [2.75, 3.05) is 0 Å². The third kappa shape index (κ3) is 2.33. The second-order valence-electron chi connectivity index (χ2n) is 4.91. The maximum atomic E-state index is 13.8. The number of halogens is 1. The maximum Gasteiger partial charge on any atom is 0.211 e. The molecular weight excluding hydrogens is 267 g/mol. The Morgan fingerprint density at radius 3 is 2.67 bits per heavy atom. The van der Waals surface area contributed by atoms with Gasteiger partial charge in [0.2, 0.25) is 5.78 Å². The molecule has 0 aliphatic carbocycles. The van der Waals surface area contributed by atoms with Gasteiger partial charge in [0.25, 0.3) is 0 Å². The van der Waals surface area contributed by atoms with E-state index in [1.165, 1.54) is 6.07 Å². The summed E-state index contributed by atoms with van der Waals surface area (Å²) in [5.41, 5.74) is 1.04. The van der Waals surface area contributed by atoms with Crippen LogP contribution in [0, 0.1) is 5.82 Å². The number of nitrogens with zero attached hydrogens (tertiary/aromatic N) is 2. The van der Waals surface area contributed by atoms with Crippen LogP contribution in [0.3, 0.4) is 0 Å². The van der Waals surface area contributed by atoms with Crippen LogP contribution in [0.1, 0.15) is 29.4 Å². The summed E-state index contributed by atoms with van der Waals surface area (Å²) >= 11 is 0. The van der Waals surface area contributed by atoms with Crippen LogP contribution in [0.4, 0.5) is 4.39 Å². The van der Waals surface area contributed by atoms with E-state index in [9.17, 15) is 9.18 Å². The molecular formula is C17H15FN2O. The molecule has 4 heteroatoms. The zero-order chi connectivity index (χ0) is 14.8. The molecule has 1 aromatic heterocycles. The molecule has 0 aliphatic heterocycles. The highest BCUT2D eigenvalue weighted by Crippen LogP contribution is 2.24. The fourth-order valence-electron chi connectivity index (χ4n) is 2.51. The first-order valence-electron chi connectivity index (χ1n) is 6.96. The Kier molecular flexibility index (Phi) is 3.52. The molecule has 1 heterocycles. The van der Waals surface area contributed by atoms with Crippen molar-refractivity contribution in [3.05, 3.63) is 65.7 Å². The van der Waals surface area contributed by atoms with E-state index in [0.717, 1.165) is 6.42 Å². The van der Waals surface area contributed by atoms with Gasteiger partial charge >= 0.3 is 0 Å². The fourth-order valence-corrected chi connectivity index (χ4v) is 2.51. The van der Waals surface area contributed by atoms with Crippen molar-refractivity contribution in [3.8, 4) is 0 Å². The molecule has 106 valence electrons. The van der Waals surface area contributed by atoms with Gasteiger partial charge in [-0.05, 0) is 30.0 Å². The second kappa shape index (κ2) is 5.48. The van der Waals surface area contributed by atoms with Gasteiger partial charge in [-0.3, -0.25) is 9.48 Å². The van der Waals surface area contributed by atoms with Crippen molar-refractivity contribution >= 4 is 16.6 Å². The van der Waals surface area contributed by atoms with Crippen LogP contribution >= 0.6 is 0 Å². The van der Waals surface area contributed by atoms with E-state index in [0.29, 0.717) is 28.6 Å². The number of hydrogen-bond donors (Lipinski definition) is 0. The Morgan fingerprint density at radius 1 is 1.14 bits per heavy atom. The van der Waals surface area contributed by atoms with Gasteiger partial charge in [-0.15, -0.1) is 0 Å². The monoisotopic (exact) mass is 282 g/mol. The third-order valence-electron chi connectivity index (χ3n) is 3.50. The molecule has 0 aliphatic rings. The summed E-state index contributed by atoms with van der Waals surface area (Å²) in [4.78, 5) is 12.7. The van der Waals surface area contributed by atoms with Gasteiger partial charge in [-0.2, -0.15) is 5.10 Å². The van der Waals surface area contributed by atoms with Crippen molar-refractivity contribution < 1.29 is 9.18 Å². The highest BCUT2D eigenvalue weighted by Gasteiger charge is 2.17. The van der Waals surface area contributed by atoms with Crippen LogP contribution in [0.15, 0.2) is 48.7 Å². The summed E-state index contributed by atoms with van der Waals surface area (Å²) in [6.07, 6.45) is 2.51. The van der Waals surface area contributed by atoms with Gasteiger partial charge in [-0.1, -0.05) is 31.2 Å². The normalized spacial score (nSPS) is 11.0. The first-order chi connectivity index (χ1) is 10.2. The summed E-state index contributed by atoms with van der Waals surface area (Å²) in [6.45, 7) is 2.72. The first-order valence-corrected chi connectivity index (χ1v) is 6.96. The fraction of sp³-hybridized carbons (Fsp3) is 0.176. The van der Waals surface area contributed by atoms with Crippen LogP contribution in [-0.2, 0) is 6.54 Å². The SMILES string of the molecule is CCCn1nccc1C(=O)c1ccc(F)c2ccccc12. The summed E-state index contributed by atoms with van der Waals surface area (Å²) in [7, 11) is 0. The van der Waals surface area contributed by atoms with Gasteiger partial charge in [-0.25, -0.2) is 4.39 Å². The van der Waals surface area contributed by atoms with Gasteiger partial charge < -0.3 is 0 Å². The van der Waals surface area contributed by atoms with Crippen LogP contribution in [0.5, 0.6) is 0 Å². The number of fused-ring (bicyclic) bond motifs is 1. The molecule has 0 radical (unpaired) electrons. The van der Waals surface area contributed by atoms with Crippen molar-refractivity contribution in [2.24, 2.45) is 0 Å². The Balaban J connectivity index is 2.14. The standard InChI is InChI=1S/C17H15FN2O/c1-2-11-20-16(9-10-19-20)17(21)14-7-8-15(18)13-6-4-3-5-12(13)14/h3-10H,2,11H2,1H3. The lowest BCUT2D eigenvalue weighted by atomic mass is 9.99. The summed E-state index contributed by atoms with van der Waals surface area (Å²) in [5, 5.41) is 5.27. The molecule has 21 heavy (non-hydrogen) atoms. The van der Waals surface area contributed by atoms with Gasteiger partial charge in [0, 0.05) is 23.7 Å². The molecule has 0 unspecified atom stereocenters. The highest BCUT2D eigenvalue weighted by atomic mass is 19.1. The smallest absolute Gasteiger partial charge is 0.211 e. The minimum Gasteiger partial charge on any atom is -0.287 e. The van der Waals surface area contributed by atoms with E-state index in [-0.39, 0.29) is 11.6 Å². The van der Waals surface area contributed by atoms with Crippen LogP contribution in [0.2, 0.25) is 0 Å². The number of carbonyl (C=O) groups excluding carboxylic acids is 1. The van der Waals surface area contributed by atoms with E-state index >= 15 is 0 Å². The Hall–Kier alpha value is -2.49. The molecule has 0 saturated heterocycles. The zero-order valence-electron chi connectivity index (χ0n) is 11.7. The number of ketones is 1. The average Bonchev–Trinajstić information content (AvgIpc) is 2.96. The van der Waals surface area contributed by atoms with Gasteiger partial charge in [0.05, 0.1) is 0 Å². The molecule has 3 nitrogen and oxygen atoms in total. The molecule has 0 atom stereocenters. The lowest BCUT2D eigenvalue weighted by molar-refractivity contribution is 0.103. The minimum absolute atomic E-state index is 0.128. The number of aryl methyl sites for hydroxylation is 1. The van der Waals surface area contributed by atoms with Crippen molar-refractivity contribution in [1.82, 2.24) is 9.78 Å².